The Bertz CT molecular complexity index is 496. The summed E-state index contributed by atoms with van der Waals surface area (Å²) in [6.45, 7) is 5.38. The van der Waals surface area contributed by atoms with Crippen molar-refractivity contribution in [3.63, 3.8) is 0 Å². The van der Waals surface area contributed by atoms with Gasteiger partial charge < -0.3 is 9.84 Å². The van der Waals surface area contributed by atoms with Gasteiger partial charge in [-0.05, 0) is 19.8 Å². The van der Waals surface area contributed by atoms with Gasteiger partial charge in [0, 0.05) is 12.8 Å². The Labute approximate surface area is 148 Å². The van der Waals surface area contributed by atoms with Gasteiger partial charge in [-0.15, -0.1) is 0 Å². The van der Waals surface area contributed by atoms with Crippen LogP contribution in [0.25, 0.3) is 0 Å². The lowest BCUT2D eigenvalue weighted by Gasteiger charge is -2.27. The molecular weight excluding hydrogens is 326 g/mol. The lowest BCUT2D eigenvalue weighted by Crippen LogP contribution is -2.50. The van der Waals surface area contributed by atoms with Crippen LogP contribution in [0.1, 0.15) is 52.9 Å². The van der Waals surface area contributed by atoms with Gasteiger partial charge in [0.2, 0.25) is 11.8 Å². The van der Waals surface area contributed by atoms with Crippen molar-refractivity contribution >= 4 is 23.8 Å². The third-order valence-electron chi connectivity index (χ3n) is 3.17. The van der Waals surface area contributed by atoms with Crippen molar-refractivity contribution in [1.29, 1.82) is 0 Å². The number of allylic oxidation sites excluding steroid dienone is 2. The number of esters is 1. The lowest BCUT2D eigenvalue weighted by atomic mass is 10.1. The summed E-state index contributed by atoms with van der Waals surface area (Å²) in [5.41, 5.74) is 0. The summed E-state index contributed by atoms with van der Waals surface area (Å²) in [6, 6.07) is -1.47. The highest BCUT2D eigenvalue weighted by molar-refractivity contribution is 6.01. The summed E-state index contributed by atoms with van der Waals surface area (Å²) < 4.78 is 4.85. The van der Waals surface area contributed by atoms with Gasteiger partial charge in [0.1, 0.15) is 6.04 Å². The molecule has 0 saturated heterocycles. The van der Waals surface area contributed by atoms with Gasteiger partial charge in [0.15, 0.2) is 0 Å². The number of rotatable bonds is 11. The molecule has 2 amide bonds. The van der Waals surface area contributed by atoms with E-state index in [1.54, 1.807) is 31.2 Å². The van der Waals surface area contributed by atoms with E-state index in [0.717, 1.165) is 17.7 Å². The fourth-order valence-electron chi connectivity index (χ4n) is 2.07. The highest BCUT2D eigenvalue weighted by Gasteiger charge is 2.36. The van der Waals surface area contributed by atoms with E-state index in [1.165, 1.54) is 0 Å². The number of hydrogen-bond acceptors (Lipinski definition) is 5. The van der Waals surface area contributed by atoms with Crippen molar-refractivity contribution < 1.29 is 29.0 Å². The molecule has 0 bridgehead atoms. The van der Waals surface area contributed by atoms with Gasteiger partial charge in [-0.25, -0.2) is 4.79 Å². The predicted molar refractivity (Wildman–Crippen MR) is 92.6 cm³/mol. The highest BCUT2D eigenvalue weighted by atomic mass is 16.5. The molecule has 0 aromatic carbocycles. The van der Waals surface area contributed by atoms with Crippen LogP contribution in [0.5, 0.6) is 0 Å². The first-order chi connectivity index (χ1) is 11.9. The molecular formula is C18H27NO6. The zero-order chi connectivity index (χ0) is 19.2. The van der Waals surface area contributed by atoms with Crippen molar-refractivity contribution in [3.05, 3.63) is 24.3 Å². The number of nitrogens with zero attached hydrogens (tertiary/aromatic N) is 1. The smallest absolute Gasteiger partial charge is 0.329 e. The van der Waals surface area contributed by atoms with Crippen molar-refractivity contribution in [3.8, 4) is 0 Å². The van der Waals surface area contributed by atoms with E-state index in [4.69, 9.17) is 9.84 Å². The summed E-state index contributed by atoms with van der Waals surface area (Å²) in [7, 11) is 0. The second-order valence-electron chi connectivity index (χ2n) is 5.19. The number of carbonyl (C=O) groups is 4. The summed E-state index contributed by atoms with van der Waals surface area (Å²) in [5.74, 6) is -3.44. The molecule has 1 N–H and O–H groups in total. The van der Waals surface area contributed by atoms with E-state index in [9.17, 15) is 19.2 Å². The second-order valence-corrected chi connectivity index (χ2v) is 5.19. The first kappa shape index (κ1) is 22.6. The molecule has 0 aliphatic carbocycles. The van der Waals surface area contributed by atoms with Crippen LogP contribution in [0, 0.1) is 0 Å². The van der Waals surface area contributed by atoms with Crippen LogP contribution < -0.4 is 0 Å². The summed E-state index contributed by atoms with van der Waals surface area (Å²) in [6.07, 6.45) is 7.27. The van der Waals surface area contributed by atoms with Crippen LogP contribution in [0.3, 0.4) is 0 Å². The van der Waals surface area contributed by atoms with E-state index >= 15 is 0 Å². The van der Waals surface area contributed by atoms with E-state index in [2.05, 4.69) is 0 Å². The third kappa shape index (κ3) is 8.83. The molecule has 0 aliphatic heterocycles. The number of aliphatic carboxylic acids is 1. The van der Waals surface area contributed by atoms with E-state index in [-0.39, 0.29) is 19.4 Å². The molecule has 0 aliphatic rings. The van der Waals surface area contributed by atoms with Gasteiger partial charge in [-0.3, -0.25) is 19.3 Å². The minimum absolute atomic E-state index is 0.0245. The van der Waals surface area contributed by atoms with Crippen LogP contribution in [-0.2, 0) is 23.9 Å². The average Bonchev–Trinajstić information content (AvgIpc) is 2.54. The van der Waals surface area contributed by atoms with Crippen LogP contribution >= 0.6 is 0 Å². The Morgan fingerprint density at radius 3 is 1.76 bits per heavy atom. The molecule has 7 nitrogen and oxygen atoms in total. The van der Waals surface area contributed by atoms with E-state index in [0.29, 0.717) is 0 Å². The minimum Gasteiger partial charge on any atom is -0.481 e. The Hall–Kier alpha value is -2.44. The lowest BCUT2D eigenvalue weighted by molar-refractivity contribution is -0.163. The normalized spacial score (nSPS) is 12.3. The summed E-state index contributed by atoms with van der Waals surface area (Å²) >= 11 is 0. The molecule has 0 fully saturated rings. The molecule has 1 atom stereocenters. The monoisotopic (exact) mass is 353 g/mol. The molecule has 0 aromatic rings. The first-order valence-corrected chi connectivity index (χ1v) is 8.42. The number of carboxylic acids is 1. The second kappa shape index (κ2) is 12.9. The Kier molecular flexibility index (Phi) is 11.7. The highest BCUT2D eigenvalue weighted by Crippen LogP contribution is 2.13. The first-order valence-electron chi connectivity index (χ1n) is 8.42. The van der Waals surface area contributed by atoms with Crippen molar-refractivity contribution in [2.75, 3.05) is 6.61 Å². The average molecular weight is 353 g/mol. The molecule has 0 radical (unpaired) electrons. The maximum atomic E-state index is 12.5. The molecule has 7 heteroatoms. The Morgan fingerprint density at radius 1 is 0.920 bits per heavy atom. The molecule has 0 spiro atoms. The zero-order valence-corrected chi connectivity index (χ0v) is 15.1. The Morgan fingerprint density at radius 2 is 1.40 bits per heavy atom. The van der Waals surface area contributed by atoms with E-state index in [1.807, 2.05) is 13.8 Å². The number of hydrogen-bond donors (Lipinski definition) is 1. The molecule has 0 saturated carbocycles. The maximum Gasteiger partial charge on any atom is 0.329 e. The Balaban J connectivity index is 5.58. The largest absolute Gasteiger partial charge is 0.481 e. The molecule has 140 valence electrons. The third-order valence-corrected chi connectivity index (χ3v) is 3.17. The van der Waals surface area contributed by atoms with Crippen molar-refractivity contribution in [2.45, 2.75) is 58.9 Å². The number of carboxylic acid groups (broad SMARTS) is 1. The number of ether oxygens (including phenoxy) is 1. The summed E-state index contributed by atoms with van der Waals surface area (Å²) in [4.78, 5) is 48.9. The van der Waals surface area contributed by atoms with E-state index < -0.39 is 36.2 Å². The van der Waals surface area contributed by atoms with Gasteiger partial charge in [-0.2, -0.15) is 0 Å². The van der Waals surface area contributed by atoms with Gasteiger partial charge in [-0.1, -0.05) is 38.2 Å². The number of amides is 2. The maximum absolute atomic E-state index is 12.5. The fourth-order valence-corrected chi connectivity index (χ4v) is 2.07. The van der Waals surface area contributed by atoms with Crippen LogP contribution in [0.2, 0.25) is 0 Å². The quantitative estimate of drug-likeness (QED) is 0.452. The summed E-state index contributed by atoms with van der Waals surface area (Å²) in [5, 5.41) is 9.06. The van der Waals surface area contributed by atoms with Crippen LogP contribution in [0.4, 0.5) is 0 Å². The zero-order valence-electron chi connectivity index (χ0n) is 15.1. The number of imide groups is 1. The topological polar surface area (TPSA) is 101 Å². The number of carbonyl (C=O) groups excluding carboxylic acids is 3. The van der Waals surface area contributed by atoms with Crippen molar-refractivity contribution in [2.24, 2.45) is 0 Å². The molecule has 1 unspecified atom stereocenters. The fraction of sp³-hybridized carbons (Fsp3) is 0.556. The standard InChI is InChI=1S/C18H27NO6/c1-4-7-9-11-15(20)19(16(21)12-10-8-5-2)14(13-17(22)23)18(24)25-6-3/h7-10,14H,4-6,11-13H2,1-3H3,(H,22,23)/b9-7+,10-8+. The SMILES string of the molecule is CC/C=C/CC(=O)N(C(=O)C/C=C/CC)C(CC(=O)O)C(=O)OCC. The van der Waals surface area contributed by atoms with Gasteiger partial charge in [0.05, 0.1) is 13.0 Å². The van der Waals surface area contributed by atoms with Gasteiger partial charge >= 0.3 is 11.9 Å². The van der Waals surface area contributed by atoms with Gasteiger partial charge in [0.25, 0.3) is 0 Å². The predicted octanol–water partition coefficient (Wildman–Crippen LogP) is 2.46. The van der Waals surface area contributed by atoms with Crippen LogP contribution in [0.15, 0.2) is 24.3 Å². The molecule has 0 rings (SSSR count). The van der Waals surface area contributed by atoms with Crippen LogP contribution in [-0.4, -0.2) is 46.4 Å². The minimum atomic E-state index is -1.47. The molecule has 0 aromatic heterocycles. The molecule has 0 heterocycles. The molecule has 25 heavy (non-hydrogen) atoms. The van der Waals surface area contributed by atoms with Crippen molar-refractivity contribution in [1.82, 2.24) is 4.90 Å².